The molecule has 5 heteroatoms. The minimum Gasteiger partial charge on any atom is -0.493 e. The second-order valence-electron chi connectivity index (χ2n) is 5.72. The van der Waals surface area contributed by atoms with Crippen LogP contribution in [0.15, 0.2) is 41.2 Å². The van der Waals surface area contributed by atoms with Gasteiger partial charge < -0.3 is 14.0 Å². The molecule has 4 rings (SSSR count). The molecule has 5 nitrogen and oxygen atoms in total. The Bertz CT molecular complexity index is 1080. The van der Waals surface area contributed by atoms with Crippen LogP contribution in [0.3, 0.4) is 0 Å². The summed E-state index contributed by atoms with van der Waals surface area (Å²) in [5.41, 5.74) is 2.42. The van der Waals surface area contributed by atoms with E-state index in [1.54, 1.807) is 25.2 Å². The van der Waals surface area contributed by atoms with Crippen molar-refractivity contribution in [1.82, 2.24) is 4.57 Å². The molecular formula is C19H15NO4. The normalized spacial score (nSPS) is 12.2. The molecule has 2 aromatic carbocycles. The highest BCUT2D eigenvalue weighted by molar-refractivity contribution is 6.26. The molecule has 1 aliphatic carbocycles. The number of aromatic nitrogens is 1. The zero-order valence-electron chi connectivity index (χ0n) is 13.5. The fraction of sp³-hybridized carbons (Fsp3) is 0.158. The van der Waals surface area contributed by atoms with Crippen molar-refractivity contribution in [1.29, 1.82) is 0 Å². The lowest BCUT2D eigenvalue weighted by Gasteiger charge is -2.13. The maximum atomic E-state index is 12.9. The summed E-state index contributed by atoms with van der Waals surface area (Å²) in [4.78, 5) is 25.8. The van der Waals surface area contributed by atoms with Crippen molar-refractivity contribution in [2.24, 2.45) is 7.05 Å². The Labute approximate surface area is 138 Å². The smallest absolute Gasteiger partial charge is 0.258 e. The van der Waals surface area contributed by atoms with Crippen molar-refractivity contribution in [2.75, 3.05) is 14.2 Å². The van der Waals surface area contributed by atoms with Gasteiger partial charge in [-0.3, -0.25) is 9.59 Å². The molecule has 0 spiro atoms. The van der Waals surface area contributed by atoms with Crippen LogP contribution in [0, 0.1) is 0 Å². The van der Waals surface area contributed by atoms with Crippen molar-refractivity contribution in [3.63, 3.8) is 0 Å². The number of ketones is 1. The summed E-state index contributed by atoms with van der Waals surface area (Å²) >= 11 is 0. The number of carbonyl (C=O) groups is 1. The van der Waals surface area contributed by atoms with Crippen LogP contribution in [-0.2, 0) is 7.05 Å². The van der Waals surface area contributed by atoms with Crippen LogP contribution < -0.4 is 15.0 Å². The molecule has 3 aromatic rings. The molecule has 0 bridgehead atoms. The van der Waals surface area contributed by atoms with Crippen LogP contribution in [0.1, 0.15) is 15.9 Å². The summed E-state index contributed by atoms with van der Waals surface area (Å²) in [6.07, 6.45) is 0. The van der Waals surface area contributed by atoms with Crippen LogP contribution >= 0.6 is 0 Å². The van der Waals surface area contributed by atoms with E-state index in [-0.39, 0.29) is 11.3 Å². The standard InChI is InChI=1S/C19H15NO4/c1-20-17-10-6-4-5-7-11(10)18(21)16(17)12-8-14(23-2)15(24-3)9-13(12)19(20)22/h4-9H,1-3H3. The van der Waals surface area contributed by atoms with Crippen molar-refractivity contribution >= 4 is 16.6 Å². The van der Waals surface area contributed by atoms with Gasteiger partial charge >= 0.3 is 0 Å². The lowest BCUT2D eigenvalue weighted by atomic mass is 10.0. The largest absolute Gasteiger partial charge is 0.493 e. The summed E-state index contributed by atoms with van der Waals surface area (Å²) in [7, 11) is 4.73. The fourth-order valence-corrected chi connectivity index (χ4v) is 3.41. The maximum absolute atomic E-state index is 12.9. The molecule has 0 amide bonds. The number of ether oxygens (including phenoxy) is 2. The van der Waals surface area contributed by atoms with E-state index < -0.39 is 0 Å². The van der Waals surface area contributed by atoms with Gasteiger partial charge in [-0.1, -0.05) is 24.3 Å². The van der Waals surface area contributed by atoms with Gasteiger partial charge in [0.25, 0.3) is 5.56 Å². The Balaban J connectivity index is 2.22. The second kappa shape index (κ2) is 4.96. The molecule has 1 heterocycles. The third-order valence-corrected chi connectivity index (χ3v) is 4.55. The van der Waals surface area contributed by atoms with E-state index in [9.17, 15) is 9.59 Å². The third kappa shape index (κ3) is 1.69. The number of fused-ring (bicyclic) bond motifs is 5. The van der Waals surface area contributed by atoms with Gasteiger partial charge in [0.15, 0.2) is 17.3 Å². The minimum absolute atomic E-state index is 0.0755. The van der Waals surface area contributed by atoms with Crippen LogP contribution in [-0.4, -0.2) is 24.6 Å². The number of methoxy groups -OCH3 is 2. The quantitative estimate of drug-likeness (QED) is 0.570. The molecule has 0 atom stereocenters. The Morgan fingerprint density at radius 3 is 2.08 bits per heavy atom. The Hall–Kier alpha value is -3.08. The lowest BCUT2D eigenvalue weighted by molar-refractivity contribution is 0.104. The summed E-state index contributed by atoms with van der Waals surface area (Å²) in [5, 5.41) is 1.03. The highest BCUT2D eigenvalue weighted by Gasteiger charge is 2.32. The molecular weight excluding hydrogens is 306 g/mol. The Kier molecular flexibility index (Phi) is 3.00. The van der Waals surface area contributed by atoms with Crippen molar-refractivity contribution in [2.45, 2.75) is 0 Å². The van der Waals surface area contributed by atoms with E-state index in [2.05, 4.69) is 0 Å². The number of rotatable bonds is 2. The molecule has 0 N–H and O–H groups in total. The first kappa shape index (κ1) is 14.5. The first-order valence-electron chi connectivity index (χ1n) is 7.51. The molecule has 120 valence electrons. The van der Waals surface area contributed by atoms with Crippen LogP contribution in [0.25, 0.3) is 22.0 Å². The lowest BCUT2D eigenvalue weighted by Crippen LogP contribution is -2.20. The van der Waals surface area contributed by atoms with E-state index in [1.165, 1.54) is 18.8 Å². The van der Waals surface area contributed by atoms with E-state index in [1.807, 2.05) is 18.2 Å². The van der Waals surface area contributed by atoms with Crippen molar-refractivity contribution in [3.8, 4) is 22.8 Å². The van der Waals surface area contributed by atoms with Gasteiger partial charge in [-0.25, -0.2) is 0 Å². The molecule has 0 saturated carbocycles. The number of carbonyl (C=O) groups excluding carboxylic acids is 1. The van der Waals surface area contributed by atoms with E-state index in [0.717, 1.165) is 5.56 Å². The highest BCUT2D eigenvalue weighted by Crippen LogP contribution is 2.41. The zero-order valence-corrected chi connectivity index (χ0v) is 13.5. The third-order valence-electron chi connectivity index (χ3n) is 4.55. The summed E-state index contributed by atoms with van der Waals surface area (Å²) in [6.45, 7) is 0. The number of hydrogen-bond donors (Lipinski definition) is 0. The molecule has 0 unspecified atom stereocenters. The predicted octanol–water partition coefficient (Wildman–Crippen LogP) is 2.77. The molecule has 0 saturated heterocycles. The number of hydrogen-bond acceptors (Lipinski definition) is 4. The van der Waals surface area contributed by atoms with Crippen LogP contribution in [0.5, 0.6) is 11.5 Å². The number of pyridine rings is 1. The molecule has 0 radical (unpaired) electrons. The van der Waals surface area contributed by atoms with E-state index in [0.29, 0.717) is 39.1 Å². The van der Waals surface area contributed by atoms with E-state index in [4.69, 9.17) is 9.47 Å². The van der Waals surface area contributed by atoms with Gasteiger partial charge in [0.05, 0.1) is 30.9 Å². The van der Waals surface area contributed by atoms with Crippen molar-refractivity contribution in [3.05, 3.63) is 57.9 Å². The Morgan fingerprint density at radius 1 is 0.875 bits per heavy atom. The minimum atomic E-state index is -0.172. The van der Waals surface area contributed by atoms with Gasteiger partial charge in [0, 0.05) is 23.6 Å². The van der Waals surface area contributed by atoms with E-state index >= 15 is 0 Å². The zero-order chi connectivity index (χ0) is 17.0. The fourth-order valence-electron chi connectivity index (χ4n) is 3.41. The molecule has 0 aliphatic heterocycles. The maximum Gasteiger partial charge on any atom is 0.258 e. The summed E-state index contributed by atoms with van der Waals surface area (Å²) in [5.74, 6) is 0.877. The van der Waals surface area contributed by atoms with Crippen LogP contribution in [0.2, 0.25) is 0 Å². The first-order chi connectivity index (χ1) is 11.6. The highest BCUT2D eigenvalue weighted by atomic mass is 16.5. The van der Waals surface area contributed by atoms with Gasteiger partial charge in [-0.2, -0.15) is 0 Å². The predicted molar refractivity (Wildman–Crippen MR) is 91.2 cm³/mol. The summed E-state index contributed by atoms with van der Waals surface area (Å²) < 4.78 is 12.2. The van der Waals surface area contributed by atoms with Gasteiger partial charge in [0.2, 0.25) is 0 Å². The molecule has 24 heavy (non-hydrogen) atoms. The second-order valence-corrected chi connectivity index (χ2v) is 5.72. The molecule has 0 fully saturated rings. The summed E-state index contributed by atoms with van der Waals surface area (Å²) in [6, 6.07) is 10.7. The van der Waals surface area contributed by atoms with Crippen LogP contribution in [0.4, 0.5) is 0 Å². The van der Waals surface area contributed by atoms with Crippen molar-refractivity contribution < 1.29 is 14.3 Å². The molecule has 1 aromatic heterocycles. The molecule has 1 aliphatic rings. The van der Waals surface area contributed by atoms with Gasteiger partial charge in [-0.15, -0.1) is 0 Å². The average Bonchev–Trinajstić information content (AvgIpc) is 2.92. The first-order valence-corrected chi connectivity index (χ1v) is 7.51. The number of benzene rings is 2. The topological polar surface area (TPSA) is 57.5 Å². The van der Waals surface area contributed by atoms with Gasteiger partial charge in [-0.05, 0) is 12.1 Å². The monoisotopic (exact) mass is 321 g/mol. The number of nitrogens with zero attached hydrogens (tertiary/aromatic N) is 1. The van der Waals surface area contributed by atoms with Gasteiger partial charge in [0.1, 0.15) is 0 Å². The average molecular weight is 321 g/mol. The SMILES string of the molecule is COc1cc2c3c(n(C)c(=O)c2cc1OC)-c1ccccc1C3=O. The Morgan fingerprint density at radius 2 is 1.46 bits per heavy atom.